The molecule has 5 nitrogen and oxygen atoms in total. The Bertz CT molecular complexity index is 416. The van der Waals surface area contributed by atoms with Crippen LogP contribution < -0.4 is 11.1 Å². The Morgan fingerprint density at radius 1 is 1.75 bits per heavy atom. The van der Waals surface area contributed by atoms with Crippen LogP contribution in [0.25, 0.3) is 0 Å². The Morgan fingerprint density at radius 2 is 2.38 bits per heavy atom. The number of aromatic nitrogens is 1. The molecule has 1 aromatic rings. The third-order valence-electron chi connectivity index (χ3n) is 2.50. The van der Waals surface area contributed by atoms with Crippen molar-refractivity contribution in [3.05, 3.63) is 17.5 Å². The molecular formula is C10H15N3O2S. The molecule has 1 unspecified atom stereocenters. The van der Waals surface area contributed by atoms with Crippen LogP contribution in [0.5, 0.6) is 0 Å². The fourth-order valence-corrected chi connectivity index (χ4v) is 1.31. The van der Waals surface area contributed by atoms with Gasteiger partial charge >= 0.3 is 0 Å². The van der Waals surface area contributed by atoms with Crippen LogP contribution in [-0.2, 0) is 0 Å². The summed E-state index contributed by atoms with van der Waals surface area (Å²) in [6, 6.07) is 1.56. The summed E-state index contributed by atoms with van der Waals surface area (Å²) in [6.07, 6.45) is 0.616. The summed E-state index contributed by atoms with van der Waals surface area (Å²) in [4.78, 5) is 12.0. The van der Waals surface area contributed by atoms with E-state index in [9.17, 15) is 4.79 Å². The molecule has 16 heavy (non-hydrogen) atoms. The van der Waals surface area contributed by atoms with Crippen molar-refractivity contribution in [2.45, 2.75) is 32.7 Å². The molecule has 0 aromatic carbocycles. The van der Waals surface area contributed by atoms with Gasteiger partial charge in [0.15, 0.2) is 5.69 Å². The Balaban J connectivity index is 2.81. The lowest BCUT2D eigenvalue weighted by Gasteiger charge is -2.27. The van der Waals surface area contributed by atoms with E-state index in [4.69, 9.17) is 22.5 Å². The van der Waals surface area contributed by atoms with Gasteiger partial charge in [0.2, 0.25) is 0 Å². The first-order chi connectivity index (χ1) is 7.39. The number of nitrogens with zero attached hydrogens (tertiary/aromatic N) is 1. The minimum atomic E-state index is -0.695. The molecule has 1 aromatic heterocycles. The third kappa shape index (κ3) is 2.57. The molecule has 1 rings (SSSR count). The molecule has 3 N–H and O–H groups in total. The number of nitrogens with two attached hydrogens (primary N) is 1. The van der Waals surface area contributed by atoms with Crippen molar-refractivity contribution in [2.24, 2.45) is 5.73 Å². The van der Waals surface area contributed by atoms with Crippen LogP contribution in [0.15, 0.2) is 10.6 Å². The standard InChI is InChI=1S/C10H15N3O2S/c1-4-10(3,9(11)16)12-8(14)7-5-6(2)15-13-7/h5H,4H2,1-3H3,(H2,11,16)(H,12,14). The number of thiocarbonyl (C=S) groups is 1. The number of hydrogen-bond acceptors (Lipinski definition) is 4. The van der Waals surface area contributed by atoms with E-state index in [0.717, 1.165) is 0 Å². The van der Waals surface area contributed by atoms with Crippen molar-refractivity contribution < 1.29 is 9.32 Å². The molecule has 0 bridgehead atoms. The highest BCUT2D eigenvalue weighted by molar-refractivity contribution is 7.80. The first kappa shape index (κ1) is 12.6. The van der Waals surface area contributed by atoms with E-state index in [1.807, 2.05) is 6.92 Å². The highest BCUT2D eigenvalue weighted by atomic mass is 32.1. The van der Waals surface area contributed by atoms with Crippen LogP contribution in [-0.4, -0.2) is 21.6 Å². The number of carbonyl (C=O) groups is 1. The largest absolute Gasteiger partial charge is 0.391 e. The summed E-state index contributed by atoms with van der Waals surface area (Å²) in [7, 11) is 0. The summed E-state index contributed by atoms with van der Waals surface area (Å²) in [5.74, 6) is 0.243. The summed E-state index contributed by atoms with van der Waals surface area (Å²) < 4.78 is 4.82. The van der Waals surface area contributed by atoms with Gasteiger partial charge in [0.05, 0.1) is 10.5 Å². The Morgan fingerprint density at radius 3 is 2.75 bits per heavy atom. The lowest BCUT2D eigenvalue weighted by atomic mass is 9.99. The van der Waals surface area contributed by atoms with E-state index in [0.29, 0.717) is 12.2 Å². The number of nitrogens with one attached hydrogen (secondary N) is 1. The molecule has 0 aliphatic carbocycles. The summed E-state index contributed by atoms with van der Waals surface area (Å²) >= 11 is 4.92. The van der Waals surface area contributed by atoms with Gasteiger partial charge in [0, 0.05) is 6.07 Å². The van der Waals surface area contributed by atoms with Gasteiger partial charge in [0.1, 0.15) is 5.76 Å². The fraction of sp³-hybridized carbons (Fsp3) is 0.500. The van der Waals surface area contributed by atoms with Gasteiger partial charge in [0.25, 0.3) is 5.91 Å². The SMILES string of the molecule is CCC(C)(NC(=O)c1cc(C)on1)C(N)=S. The molecule has 6 heteroatoms. The molecule has 0 saturated carbocycles. The number of hydrogen-bond donors (Lipinski definition) is 2. The Kier molecular flexibility index (Phi) is 3.64. The molecule has 0 fully saturated rings. The first-order valence-electron chi connectivity index (χ1n) is 4.95. The minimum absolute atomic E-state index is 0.230. The highest BCUT2D eigenvalue weighted by Gasteiger charge is 2.28. The molecule has 0 radical (unpaired) electrons. The van der Waals surface area contributed by atoms with E-state index < -0.39 is 5.54 Å². The highest BCUT2D eigenvalue weighted by Crippen LogP contribution is 2.11. The van der Waals surface area contributed by atoms with Crippen molar-refractivity contribution in [1.82, 2.24) is 10.5 Å². The maximum atomic E-state index is 11.8. The maximum absolute atomic E-state index is 11.8. The van der Waals surface area contributed by atoms with E-state index in [1.165, 1.54) is 0 Å². The summed E-state index contributed by atoms with van der Waals surface area (Å²) in [6.45, 7) is 5.39. The van der Waals surface area contributed by atoms with Crippen LogP contribution in [0.4, 0.5) is 0 Å². The molecule has 0 spiro atoms. The van der Waals surface area contributed by atoms with Gasteiger partial charge in [-0.15, -0.1) is 0 Å². The molecular weight excluding hydrogens is 226 g/mol. The van der Waals surface area contributed by atoms with Gasteiger partial charge in [-0.2, -0.15) is 0 Å². The molecule has 0 aliphatic heterocycles. The first-order valence-corrected chi connectivity index (χ1v) is 5.35. The fourth-order valence-electron chi connectivity index (χ4n) is 1.11. The van der Waals surface area contributed by atoms with Crippen LogP contribution >= 0.6 is 12.2 Å². The van der Waals surface area contributed by atoms with Gasteiger partial charge in [-0.05, 0) is 20.3 Å². The smallest absolute Gasteiger partial charge is 0.274 e. The monoisotopic (exact) mass is 241 g/mol. The zero-order valence-electron chi connectivity index (χ0n) is 9.53. The number of rotatable bonds is 4. The van der Waals surface area contributed by atoms with Crippen LogP contribution in [0.3, 0.4) is 0 Å². The average Bonchev–Trinajstić information content (AvgIpc) is 2.64. The molecule has 1 amide bonds. The second-order valence-electron chi connectivity index (χ2n) is 3.83. The third-order valence-corrected chi connectivity index (χ3v) is 2.95. The van der Waals surface area contributed by atoms with Crippen molar-refractivity contribution >= 4 is 23.1 Å². The van der Waals surface area contributed by atoms with Gasteiger partial charge in [-0.1, -0.05) is 24.3 Å². The normalized spacial score (nSPS) is 14.2. The molecule has 0 saturated heterocycles. The van der Waals surface area contributed by atoms with Crippen molar-refractivity contribution in [3.8, 4) is 0 Å². The quantitative estimate of drug-likeness (QED) is 0.773. The maximum Gasteiger partial charge on any atom is 0.274 e. The van der Waals surface area contributed by atoms with Gasteiger partial charge < -0.3 is 15.6 Å². The minimum Gasteiger partial charge on any atom is -0.391 e. The summed E-state index contributed by atoms with van der Waals surface area (Å²) in [5.41, 5.74) is 5.12. The number of aryl methyl sites for hydroxylation is 1. The van der Waals surface area contributed by atoms with Gasteiger partial charge in [-0.3, -0.25) is 4.79 Å². The predicted molar refractivity (Wildman–Crippen MR) is 64.2 cm³/mol. The number of carbonyl (C=O) groups excluding carboxylic acids is 1. The topological polar surface area (TPSA) is 81.2 Å². The van der Waals surface area contributed by atoms with Crippen molar-refractivity contribution in [3.63, 3.8) is 0 Å². The van der Waals surface area contributed by atoms with Crippen LogP contribution in [0, 0.1) is 6.92 Å². The predicted octanol–water partition coefficient (Wildman–Crippen LogP) is 1.17. The zero-order valence-corrected chi connectivity index (χ0v) is 10.4. The molecule has 1 atom stereocenters. The molecule has 0 aliphatic rings. The Labute approximate surface area is 99.4 Å². The van der Waals surface area contributed by atoms with E-state index in [1.54, 1.807) is 19.9 Å². The lowest BCUT2D eigenvalue weighted by molar-refractivity contribution is 0.0917. The van der Waals surface area contributed by atoms with Crippen LogP contribution in [0.2, 0.25) is 0 Å². The van der Waals surface area contributed by atoms with E-state index in [2.05, 4.69) is 10.5 Å². The second kappa shape index (κ2) is 4.61. The van der Waals surface area contributed by atoms with Crippen molar-refractivity contribution in [2.75, 3.05) is 0 Å². The van der Waals surface area contributed by atoms with Gasteiger partial charge in [-0.25, -0.2) is 0 Å². The van der Waals surface area contributed by atoms with Crippen LogP contribution in [0.1, 0.15) is 36.5 Å². The number of amides is 1. The Hall–Kier alpha value is -1.43. The lowest BCUT2D eigenvalue weighted by Crippen LogP contribution is -2.54. The van der Waals surface area contributed by atoms with E-state index >= 15 is 0 Å². The molecule has 88 valence electrons. The average molecular weight is 241 g/mol. The zero-order chi connectivity index (χ0) is 12.3. The second-order valence-corrected chi connectivity index (χ2v) is 4.27. The summed E-state index contributed by atoms with van der Waals surface area (Å²) in [5, 5.41) is 6.37. The molecule has 1 heterocycles. The van der Waals surface area contributed by atoms with Crippen molar-refractivity contribution in [1.29, 1.82) is 0 Å². The van der Waals surface area contributed by atoms with E-state index in [-0.39, 0.29) is 16.6 Å².